The largest absolute Gasteiger partial charge is 0.398 e. The Balaban J connectivity index is 0.000000561. The van der Waals surface area contributed by atoms with Crippen LogP contribution in [-0.4, -0.2) is 13.0 Å². The molecule has 0 spiro atoms. The zero-order valence-corrected chi connectivity index (χ0v) is 6.95. The van der Waals surface area contributed by atoms with E-state index in [1.807, 2.05) is 0 Å². The highest BCUT2D eigenvalue weighted by Gasteiger charge is 2.01. The average Bonchev–Trinajstić information content (AvgIpc) is 2.08. The smallest absolute Gasteiger partial charge is 0.250 e. The SMILES string of the molecule is CN.NC(=O)c1ccccc1N. The summed E-state index contributed by atoms with van der Waals surface area (Å²) in [7, 11) is 1.50. The number of anilines is 1. The van der Waals surface area contributed by atoms with Gasteiger partial charge >= 0.3 is 0 Å². The van der Waals surface area contributed by atoms with Crippen LogP contribution in [0.4, 0.5) is 5.69 Å². The Labute approximate surface area is 71.3 Å². The van der Waals surface area contributed by atoms with Crippen LogP contribution >= 0.6 is 0 Å². The van der Waals surface area contributed by atoms with Gasteiger partial charge in [0.15, 0.2) is 0 Å². The number of carbonyl (C=O) groups is 1. The lowest BCUT2D eigenvalue weighted by Gasteiger charge is -1.97. The van der Waals surface area contributed by atoms with Gasteiger partial charge in [0.2, 0.25) is 0 Å². The van der Waals surface area contributed by atoms with Gasteiger partial charge in [-0.3, -0.25) is 4.79 Å². The van der Waals surface area contributed by atoms with Crippen LogP contribution in [0.2, 0.25) is 0 Å². The summed E-state index contributed by atoms with van der Waals surface area (Å²) < 4.78 is 0. The Morgan fingerprint density at radius 2 is 1.75 bits per heavy atom. The number of rotatable bonds is 1. The van der Waals surface area contributed by atoms with Gasteiger partial charge in [0.25, 0.3) is 5.91 Å². The molecule has 1 aromatic carbocycles. The van der Waals surface area contributed by atoms with Gasteiger partial charge < -0.3 is 17.2 Å². The molecule has 4 heteroatoms. The highest BCUT2D eigenvalue weighted by atomic mass is 16.1. The summed E-state index contributed by atoms with van der Waals surface area (Å²) in [6.45, 7) is 0. The van der Waals surface area contributed by atoms with Crippen molar-refractivity contribution in [3.63, 3.8) is 0 Å². The van der Waals surface area contributed by atoms with E-state index >= 15 is 0 Å². The van der Waals surface area contributed by atoms with Crippen LogP contribution in [0, 0.1) is 0 Å². The van der Waals surface area contributed by atoms with Gasteiger partial charge in [-0.05, 0) is 19.2 Å². The molecule has 0 aliphatic rings. The first-order valence-electron chi connectivity index (χ1n) is 3.44. The van der Waals surface area contributed by atoms with Crippen LogP contribution in [0.15, 0.2) is 24.3 Å². The molecule has 1 amide bonds. The van der Waals surface area contributed by atoms with Crippen molar-refractivity contribution in [1.82, 2.24) is 0 Å². The summed E-state index contributed by atoms with van der Waals surface area (Å²) >= 11 is 0. The third-order valence-electron chi connectivity index (χ3n) is 1.23. The summed E-state index contributed by atoms with van der Waals surface area (Å²) in [6, 6.07) is 6.70. The predicted octanol–water partition coefficient (Wildman–Crippen LogP) is -0.0574. The van der Waals surface area contributed by atoms with Crippen molar-refractivity contribution in [2.75, 3.05) is 12.8 Å². The van der Waals surface area contributed by atoms with Crippen molar-refractivity contribution in [1.29, 1.82) is 0 Å². The van der Waals surface area contributed by atoms with Gasteiger partial charge in [0.1, 0.15) is 0 Å². The van der Waals surface area contributed by atoms with E-state index in [1.165, 1.54) is 7.05 Å². The first-order chi connectivity index (χ1) is 5.72. The van der Waals surface area contributed by atoms with E-state index in [9.17, 15) is 4.79 Å². The van der Waals surface area contributed by atoms with E-state index in [-0.39, 0.29) is 0 Å². The van der Waals surface area contributed by atoms with Crippen LogP contribution in [0.5, 0.6) is 0 Å². The summed E-state index contributed by atoms with van der Waals surface area (Å²) in [5, 5.41) is 0. The molecule has 0 saturated carbocycles. The Morgan fingerprint density at radius 1 is 1.25 bits per heavy atom. The van der Waals surface area contributed by atoms with Crippen LogP contribution in [0.1, 0.15) is 10.4 Å². The molecule has 0 bridgehead atoms. The number of carbonyl (C=O) groups excluding carboxylic acids is 1. The lowest BCUT2D eigenvalue weighted by Crippen LogP contribution is -2.12. The highest BCUT2D eigenvalue weighted by Crippen LogP contribution is 2.08. The molecule has 12 heavy (non-hydrogen) atoms. The molecule has 0 aliphatic carbocycles. The molecule has 0 heterocycles. The van der Waals surface area contributed by atoms with E-state index in [1.54, 1.807) is 24.3 Å². The Hall–Kier alpha value is -1.55. The second kappa shape index (κ2) is 5.15. The maximum Gasteiger partial charge on any atom is 0.250 e. The van der Waals surface area contributed by atoms with E-state index in [4.69, 9.17) is 11.5 Å². The van der Waals surface area contributed by atoms with Crippen LogP contribution in [-0.2, 0) is 0 Å². The second-order valence-electron chi connectivity index (χ2n) is 1.95. The number of para-hydroxylation sites is 1. The van der Waals surface area contributed by atoms with Gasteiger partial charge in [-0.2, -0.15) is 0 Å². The number of hydrogen-bond acceptors (Lipinski definition) is 3. The van der Waals surface area contributed by atoms with E-state index in [2.05, 4.69) is 5.73 Å². The van der Waals surface area contributed by atoms with Crippen LogP contribution in [0.25, 0.3) is 0 Å². The van der Waals surface area contributed by atoms with E-state index in [0.29, 0.717) is 11.3 Å². The van der Waals surface area contributed by atoms with E-state index in [0.717, 1.165) is 0 Å². The zero-order chi connectivity index (χ0) is 9.56. The third-order valence-corrected chi connectivity index (χ3v) is 1.23. The molecule has 66 valence electrons. The van der Waals surface area contributed by atoms with Crippen molar-refractivity contribution in [3.05, 3.63) is 29.8 Å². The Kier molecular flexibility index (Phi) is 4.48. The molecule has 0 fully saturated rings. The van der Waals surface area contributed by atoms with Gasteiger partial charge in [0.05, 0.1) is 5.56 Å². The van der Waals surface area contributed by atoms with Crippen molar-refractivity contribution in [2.24, 2.45) is 11.5 Å². The fraction of sp³-hybridized carbons (Fsp3) is 0.125. The lowest BCUT2D eigenvalue weighted by atomic mass is 10.2. The summed E-state index contributed by atoms with van der Waals surface area (Å²) in [5.74, 6) is -0.488. The van der Waals surface area contributed by atoms with Gasteiger partial charge in [0, 0.05) is 5.69 Å². The minimum absolute atomic E-state index is 0.377. The molecule has 0 unspecified atom stereocenters. The normalized spacial score (nSPS) is 8.17. The molecule has 0 atom stereocenters. The van der Waals surface area contributed by atoms with Gasteiger partial charge in [-0.25, -0.2) is 0 Å². The zero-order valence-electron chi connectivity index (χ0n) is 6.95. The number of hydrogen-bond donors (Lipinski definition) is 3. The number of nitrogens with two attached hydrogens (primary N) is 3. The molecular formula is C8H13N3O. The first-order valence-corrected chi connectivity index (χ1v) is 3.44. The Morgan fingerprint density at radius 3 is 2.08 bits per heavy atom. The predicted molar refractivity (Wildman–Crippen MR) is 49.5 cm³/mol. The fourth-order valence-electron chi connectivity index (χ4n) is 0.721. The number of amides is 1. The molecule has 4 nitrogen and oxygen atoms in total. The topological polar surface area (TPSA) is 95.1 Å². The standard InChI is InChI=1S/C7H8N2O.CH5N/c8-6-4-2-1-3-5(6)7(9)10;1-2/h1-4H,8H2,(H2,9,10);2H2,1H3. The Bertz CT molecular complexity index is 260. The number of benzene rings is 1. The minimum atomic E-state index is -0.488. The molecule has 6 N–H and O–H groups in total. The molecule has 1 rings (SSSR count). The molecule has 0 aromatic heterocycles. The number of primary amides is 1. The van der Waals surface area contributed by atoms with Crippen molar-refractivity contribution in [2.45, 2.75) is 0 Å². The second-order valence-corrected chi connectivity index (χ2v) is 1.95. The van der Waals surface area contributed by atoms with Crippen LogP contribution < -0.4 is 17.2 Å². The van der Waals surface area contributed by atoms with Crippen molar-refractivity contribution in [3.8, 4) is 0 Å². The lowest BCUT2D eigenvalue weighted by molar-refractivity contribution is 0.100. The third kappa shape index (κ3) is 2.59. The number of nitrogen functional groups attached to an aromatic ring is 1. The molecule has 1 aromatic rings. The molecule has 0 radical (unpaired) electrons. The molecular weight excluding hydrogens is 154 g/mol. The van der Waals surface area contributed by atoms with Crippen molar-refractivity contribution < 1.29 is 4.79 Å². The maximum absolute atomic E-state index is 10.6. The van der Waals surface area contributed by atoms with Gasteiger partial charge in [-0.1, -0.05) is 12.1 Å². The van der Waals surface area contributed by atoms with Crippen molar-refractivity contribution >= 4 is 11.6 Å². The summed E-state index contributed by atoms with van der Waals surface area (Å²) in [6.07, 6.45) is 0. The summed E-state index contributed by atoms with van der Waals surface area (Å²) in [5.41, 5.74) is 15.7. The van der Waals surface area contributed by atoms with Crippen LogP contribution in [0.3, 0.4) is 0 Å². The van der Waals surface area contributed by atoms with E-state index < -0.39 is 5.91 Å². The first kappa shape index (κ1) is 10.4. The fourth-order valence-corrected chi connectivity index (χ4v) is 0.721. The molecule has 0 aliphatic heterocycles. The average molecular weight is 167 g/mol. The monoisotopic (exact) mass is 167 g/mol. The summed E-state index contributed by atoms with van der Waals surface area (Å²) in [4.78, 5) is 10.6. The minimum Gasteiger partial charge on any atom is -0.398 e. The molecule has 0 saturated heterocycles. The quantitative estimate of drug-likeness (QED) is 0.511. The maximum atomic E-state index is 10.6. The van der Waals surface area contributed by atoms with Gasteiger partial charge in [-0.15, -0.1) is 0 Å². The highest BCUT2D eigenvalue weighted by molar-refractivity contribution is 5.97.